The summed E-state index contributed by atoms with van der Waals surface area (Å²) >= 11 is 0. The summed E-state index contributed by atoms with van der Waals surface area (Å²) in [5.74, 6) is -0.467. The van der Waals surface area contributed by atoms with Gasteiger partial charge in [0.1, 0.15) is 5.54 Å². The number of methoxy groups -OCH3 is 1. The van der Waals surface area contributed by atoms with Gasteiger partial charge in [-0.05, 0) is 21.0 Å². The number of hydrogen-bond donors (Lipinski definition) is 1. The molecule has 0 aliphatic carbocycles. The van der Waals surface area contributed by atoms with Gasteiger partial charge in [-0.3, -0.25) is 9.69 Å². The number of esters is 1. The summed E-state index contributed by atoms with van der Waals surface area (Å²) in [7, 11) is 4.39. The second kappa shape index (κ2) is 5.97. The first-order chi connectivity index (χ1) is 6.85. The lowest BCUT2D eigenvalue weighted by molar-refractivity contribution is -0.148. The number of halogens is 2. The second-order valence-electron chi connectivity index (χ2n) is 3.66. The molecule has 0 radical (unpaired) electrons. The first kappa shape index (κ1) is 14.2. The van der Waals surface area contributed by atoms with Gasteiger partial charge >= 0.3 is 5.97 Å². The van der Waals surface area contributed by atoms with Gasteiger partial charge in [0, 0.05) is 6.54 Å². The largest absolute Gasteiger partial charge is 0.468 e. The molecule has 0 aromatic rings. The predicted molar refractivity (Wildman–Crippen MR) is 53.0 cm³/mol. The van der Waals surface area contributed by atoms with Crippen molar-refractivity contribution < 1.29 is 18.3 Å². The Bertz CT molecular complexity index is 214. The van der Waals surface area contributed by atoms with Crippen LogP contribution in [0.5, 0.6) is 0 Å². The van der Waals surface area contributed by atoms with Crippen LogP contribution in [-0.2, 0) is 9.53 Å². The first-order valence-corrected chi connectivity index (χ1v) is 4.59. The van der Waals surface area contributed by atoms with E-state index in [1.165, 1.54) is 19.1 Å². The van der Waals surface area contributed by atoms with Gasteiger partial charge in [-0.2, -0.15) is 0 Å². The van der Waals surface area contributed by atoms with E-state index in [-0.39, 0.29) is 13.1 Å². The molecule has 4 nitrogen and oxygen atoms in total. The lowest BCUT2D eigenvalue weighted by atomic mass is 10.0. The van der Waals surface area contributed by atoms with Crippen molar-refractivity contribution in [3.8, 4) is 0 Å². The van der Waals surface area contributed by atoms with E-state index in [1.807, 2.05) is 0 Å². The maximum atomic E-state index is 12.1. The van der Waals surface area contributed by atoms with Crippen molar-refractivity contribution in [2.75, 3.05) is 34.3 Å². The molecule has 0 amide bonds. The normalized spacial score (nSPS) is 15.5. The average Bonchev–Trinajstić information content (AvgIpc) is 2.14. The molecule has 6 heteroatoms. The summed E-state index contributed by atoms with van der Waals surface area (Å²) in [6, 6.07) is 0. The zero-order valence-corrected chi connectivity index (χ0v) is 9.51. The topological polar surface area (TPSA) is 41.6 Å². The third-order valence-corrected chi connectivity index (χ3v) is 2.22. The van der Waals surface area contributed by atoms with Gasteiger partial charge in [0.25, 0.3) is 6.43 Å². The van der Waals surface area contributed by atoms with E-state index in [9.17, 15) is 13.6 Å². The molecule has 0 aliphatic rings. The lowest BCUT2D eigenvalue weighted by Gasteiger charge is -2.30. The van der Waals surface area contributed by atoms with E-state index in [2.05, 4.69) is 10.1 Å². The molecule has 0 fully saturated rings. The van der Waals surface area contributed by atoms with E-state index in [1.54, 1.807) is 14.0 Å². The van der Waals surface area contributed by atoms with Crippen molar-refractivity contribution >= 4 is 5.97 Å². The summed E-state index contributed by atoms with van der Waals surface area (Å²) in [5, 5.41) is 2.77. The van der Waals surface area contributed by atoms with Crippen LogP contribution in [-0.4, -0.2) is 57.1 Å². The molecule has 0 rings (SSSR count). The van der Waals surface area contributed by atoms with E-state index in [0.29, 0.717) is 0 Å². The van der Waals surface area contributed by atoms with Crippen molar-refractivity contribution in [1.82, 2.24) is 10.2 Å². The fourth-order valence-electron chi connectivity index (χ4n) is 1.31. The number of carbonyl (C=O) groups is 1. The number of carbonyl (C=O) groups excluding carboxylic acids is 1. The van der Waals surface area contributed by atoms with Gasteiger partial charge in [-0.1, -0.05) is 0 Å². The number of ether oxygens (including phenoxy) is 1. The Labute approximate surface area is 88.6 Å². The summed E-state index contributed by atoms with van der Waals surface area (Å²) < 4.78 is 28.7. The van der Waals surface area contributed by atoms with Crippen molar-refractivity contribution in [2.45, 2.75) is 18.9 Å². The average molecular weight is 224 g/mol. The van der Waals surface area contributed by atoms with E-state index >= 15 is 0 Å². The molecule has 0 saturated carbocycles. The standard InChI is InChI=1S/C9H18F2N2O2/c1-9(12-2,8(14)15-4)6-13(3)5-7(10)11/h7,12H,5-6H2,1-4H3. The quantitative estimate of drug-likeness (QED) is 0.660. The van der Waals surface area contributed by atoms with Gasteiger partial charge < -0.3 is 10.1 Å². The molecule has 0 aromatic carbocycles. The molecule has 1 N–H and O–H groups in total. The molecule has 0 aromatic heterocycles. The number of nitrogens with zero attached hydrogens (tertiary/aromatic N) is 1. The molecule has 15 heavy (non-hydrogen) atoms. The highest BCUT2D eigenvalue weighted by Gasteiger charge is 2.34. The summed E-state index contributed by atoms with van der Waals surface area (Å²) in [5.41, 5.74) is -0.960. The Morgan fingerprint density at radius 1 is 1.60 bits per heavy atom. The maximum absolute atomic E-state index is 12.1. The number of nitrogens with one attached hydrogen (secondary N) is 1. The number of likely N-dealkylation sites (N-methyl/N-ethyl adjacent to an activating group) is 2. The van der Waals surface area contributed by atoms with E-state index < -0.39 is 17.9 Å². The highest BCUT2D eigenvalue weighted by Crippen LogP contribution is 2.08. The summed E-state index contributed by atoms with van der Waals surface area (Å²) in [6.45, 7) is 1.41. The van der Waals surface area contributed by atoms with Crippen LogP contribution in [0, 0.1) is 0 Å². The van der Waals surface area contributed by atoms with Gasteiger partial charge in [-0.15, -0.1) is 0 Å². The zero-order chi connectivity index (χ0) is 12.1. The third-order valence-electron chi connectivity index (χ3n) is 2.22. The van der Waals surface area contributed by atoms with Gasteiger partial charge in [0.05, 0.1) is 13.7 Å². The highest BCUT2D eigenvalue weighted by molar-refractivity contribution is 5.80. The molecule has 0 saturated heterocycles. The van der Waals surface area contributed by atoms with Crippen molar-refractivity contribution in [3.63, 3.8) is 0 Å². The third kappa shape index (κ3) is 4.53. The Hall–Kier alpha value is -0.750. The van der Waals surface area contributed by atoms with Crippen LogP contribution in [0.25, 0.3) is 0 Å². The van der Waals surface area contributed by atoms with Crippen LogP contribution in [0.1, 0.15) is 6.92 Å². The van der Waals surface area contributed by atoms with Gasteiger partial charge in [0.2, 0.25) is 0 Å². The SMILES string of the molecule is CNC(C)(CN(C)CC(F)F)C(=O)OC. The molecule has 1 unspecified atom stereocenters. The molecular formula is C9H18F2N2O2. The highest BCUT2D eigenvalue weighted by atomic mass is 19.3. The monoisotopic (exact) mass is 224 g/mol. The lowest BCUT2D eigenvalue weighted by Crippen LogP contribution is -2.55. The maximum Gasteiger partial charge on any atom is 0.327 e. The summed E-state index contributed by atoms with van der Waals surface area (Å²) in [4.78, 5) is 12.8. The fourth-order valence-corrected chi connectivity index (χ4v) is 1.31. The molecular weight excluding hydrogens is 206 g/mol. The van der Waals surface area contributed by atoms with Crippen LogP contribution >= 0.6 is 0 Å². The minimum Gasteiger partial charge on any atom is -0.468 e. The smallest absolute Gasteiger partial charge is 0.327 e. The molecule has 0 bridgehead atoms. The van der Waals surface area contributed by atoms with Crippen molar-refractivity contribution in [3.05, 3.63) is 0 Å². The van der Waals surface area contributed by atoms with Gasteiger partial charge in [0.15, 0.2) is 0 Å². The molecule has 0 heterocycles. The second-order valence-corrected chi connectivity index (χ2v) is 3.66. The van der Waals surface area contributed by atoms with Gasteiger partial charge in [-0.25, -0.2) is 8.78 Å². The zero-order valence-electron chi connectivity index (χ0n) is 9.51. The molecule has 1 atom stereocenters. The van der Waals surface area contributed by atoms with Crippen LogP contribution < -0.4 is 5.32 Å². The van der Waals surface area contributed by atoms with Crippen LogP contribution in [0.2, 0.25) is 0 Å². The van der Waals surface area contributed by atoms with E-state index in [4.69, 9.17) is 0 Å². The first-order valence-electron chi connectivity index (χ1n) is 4.59. The minimum atomic E-state index is -2.41. The van der Waals surface area contributed by atoms with Crippen molar-refractivity contribution in [2.24, 2.45) is 0 Å². The Morgan fingerprint density at radius 2 is 2.13 bits per heavy atom. The Balaban J connectivity index is 4.36. The minimum absolute atomic E-state index is 0.167. The predicted octanol–water partition coefficient (Wildman–Crippen LogP) is 0.334. The van der Waals surface area contributed by atoms with Crippen LogP contribution in [0.3, 0.4) is 0 Å². The Kier molecular flexibility index (Phi) is 5.67. The summed E-state index contributed by atoms with van der Waals surface area (Å²) in [6.07, 6.45) is -2.41. The van der Waals surface area contributed by atoms with E-state index in [0.717, 1.165) is 0 Å². The van der Waals surface area contributed by atoms with Crippen LogP contribution in [0.15, 0.2) is 0 Å². The number of alkyl halides is 2. The number of hydrogen-bond acceptors (Lipinski definition) is 4. The Morgan fingerprint density at radius 3 is 2.47 bits per heavy atom. The fraction of sp³-hybridized carbons (Fsp3) is 0.889. The molecule has 0 spiro atoms. The van der Waals surface area contributed by atoms with Crippen LogP contribution in [0.4, 0.5) is 8.78 Å². The van der Waals surface area contributed by atoms with Crippen molar-refractivity contribution in [1.29, 1.82) is 0 Å². The molecule has 90 valence electrons. The number of rotatable bonds is 6. The molecule has 0 aliphatic heterocycles.